The van der Waals surface area contributed by atoms with E-state index in [0.29, 0.717) is 5.69 Å². The van der Waals surface area contributed by atoms with Crippen molar-refractivity contribution in [2.24, 2.45) is 0 Å². The summed E-state index contributed by atoms with van der Waals surface area (Å²) in [5.74, 6) is 0. The van der Waals surface area contributed by atoms with Crippen LogP contribution in [0, 0.1) is 13.8 Å². The first-order valence-corrected chi connectivity index (χ1v) is 6.83. The van der Waals surface area contributed by atoms with Gasteiger partial charge in [0.15, 0.2) is 0 Å². The van der Waals surface area contributed by atoms with E-state index in [0.717, 1.165) is 17.4 Å². The summed E-state index contributed by atoms with van der Waals surface area (Å²) in [5, 5.41) is 0. The summed E-state index contributed by atoms with van der Waals surface area (Å²) in [4.78, 5) is 0. The first kappa shape index (κ1) is 14.0. The lowest BCUT2D eigenvalue weighted by molar-refractivity contribution is 0.607. The van der Waals surface area contributed by atoms with Gasteiger partial charge in [-0.05, 0) is 31.0 Å². The van der Waals surface area contributed by atoms with Gasteiger partial charge in [-0.25, -0.2) is 8.42 Å². The lowest BCUT2D eigenvalue weighted by Crippen LogP contribution is -2.10. The molecule has 0 atom stereocenters. The minimum absolute atomic E-state index is 0. The molecule has 3 nitrogen and oxygen atoms in total. The van der Waals surface area contributed by atoms with Crippen LogP contribution in [0.1, 0.15) is 26.4 Å². The van der Waals surface area contributed by atoms with Gasteiger partial charge in [0, 0.05) is 1.43 Å². The van der Waals surface area contributed by atoms with Gasteiger partial charge < -0.3 is 0 Å². The Balaban J connectivity index is 0. The fourth-order valence-electron chi connectivity index (χ4n) is 1.06. The Morgan fingerprint density at radius 3 is 2.20 bits per heavy atom. The van der Waals surface area contributed by atoms with Crippen molar-refractivity contribution in [3.63, 3.8) is 0 Å². The molecule has 0 spiro atoms. The van der Waals surface area contributed by atoms with Gasteiger partial charge in [-0.1, -0.05) is 26.0 Å². The van der Waals surface area contributed by atoms with Gasteiger partial charge in [0.05, 0.1) is 11.9 Å². The zero-order valence-corrected chi connectivity index (χ0v) is 10.8. The molecule has 0 heterocycles. The molecule has 0 bridgehead atoms. The van der Waals surface area contributed by atoms with Gasteiger partial charge in [-0.2, -0.15) is 0 Å². The molecule has 0 amide bonds. The van der Waals surface area contributed by atoms with E-state index in [1.807, 2.05) is 39.8 Å². The van der Waals surface area contributed by atoms with Gasteiger partial charge in [-0.15, -0.1) is 0 Å². The van der Waals surface area contributed by atoms with Crippen LogP contribution >= 0.6 is 0 Å². The number of sulfonamides is 1. The van der Waals surface area contributed by atoms with Crippen molar-refractivity contribution in [1.29, 1.82) is 0 Å². The monoisotopic (exact) mass is 231 g/mol. The maximum Gasteiger partial charge on any atom is 0.229 e. The Morgan fingerprint density at radius 2 is 1.73 bits per heavy atom. The fraction of sp³-hybridized carbons (Fsp3) is 0.455. The summed E-state index contributed by atoms with van der Waals surface area (Å²) in [6, 6.07) is 5.53. The molecule has 0 aliphatic rings. The summed E-state index contributed by atoms with van der Waals surface area (Å²) in [6.07, 6.45) is 1.15. The Labute approximate surface area is 94.1 Å². The quantitative estimate of drug-likeness (QED) is 0.850. The van der Waals surface area contributed by atoms with E-state index in [2.05, 4.69) is 4.72 Å². The van der Waals surface area contributed by atoms with Gasteiger partial charge in [0.1, 0.15) is 0 Å². The number of nitrogens with one attached hydrogen (secondary N) is 1. The molecule has 0 aliphatic heterocycles. The predicted octanol–water partition coefficient (Wildman–Crippen LogP) is 2.95. The van der Waals surface area contributed by atoms with Crippen LogP contribution in [0.15, 0.2) is 18.2 Å². The molecule has 0 unspecified atom stereocenters. The van der Waals surface area contributed by atoms with Crippen LogP contribution in [-0.2, 0) is 10.0 Å². The second-order valence-corrected chi connectivity index (χ2v) is 4.87. The van der Waals surface area contributed by atoms with E-state index in [1.165, 1.54) is 0 Å². The predicted molar refractivity (Wildman–Crippen MR) is 67.8 cm³/mol. The van der Waals surface area contributed by atoms with Crippen molar-refractivity contribution < 1.29 is 9.84 Å². The van der Waals surface area contributed by atoms with E-state index >= 15 is 0 Å². The minimum Gasteiger partial charge on any atom is -0.284 e. The van der Waals surface area contributed by atoms with Crippen LogP contribution in [0.3, 0.4) is 0 Å². The summed E-state index contributed by atoms with van der Waals surface area (Å²) in [5.41, 5.74) is 2.70. The molecule has 1 aromatic carbocycles. The van der Waals surface area contributed by atoms with Crippen molar-refractivity contribution >= 4 is 15.7 Å². The average Bonchev–Trinajstić information content (AvgIpc) is 2.14. The summed E-state index contributed by atoms with van der Waals surface area (Å²) in [6.45, 7) is 7.84. The topological polar surface area (TPSA) is 46.2 Å². The normalized spacial score (nSPS) is 10.2. The first-order chi connectivity index (χ1) is 6.90. The zero-order chi connectivity index (χ0) is 12.1. The molecule has 1 rings (SSSR count). The van der Waals surface area contributed by atoms with Crippen LogP contribution in [0.4, 0.5) is 5.69 Å². The zero-order valence-electron chi connectivity index (χ0n) is 9.96. The summed E-state index contributed by atoms with van der Waals surface area (Å²) >= 11 is 0. The van der Waals surface area contributed by atoms with Crippen molar-refractivity contribution in [2.75, 3.05) is 11.0 Å². The molecule has 0 aromatic heterocycles. The maximum absolute atomic E-state index is 11.0. The molecule has 88 valence electrons. The SMILES string of the molecule is CC.Cc1cccc(NS(C)(=O)=O)c1C.[HH]. The number of anilines is 1. The number of benzene rings is 1. The molecule has 0 fully saturated rings. The summed E-state index contributed by atoms with van der Waals surface area (Å²) < 4.78 is 24.4. The Bertz CT molecular complexity index is 416. The van der Waals surface area contributed by atoms with E-state index in [-0.39, 0.29) is 1.43 Å². The Hall–Kier alpha value is -1.03. The second-order valence-electron chi connectivity index (χ2n) is 3.12. The van der Waals surface area contributed by atoms with Crippen molar-refractivity contribution in [1.82, 2.24) is 0 Å². The fourth-order valence-corrected chi connectivity index (χ4v) is 1.68. The number of rotatable bonds is 2. The molecule has 0 saturated heterocycles. The highest BCUT2D eigenvalue weighted by molar-refractivity contribution is 7.92. The first-order valence-electron chi connectivity index (χ1n) is 4.94. The Kier molecular flexibility index (Phi) is 5.36. The van der Waals surface area contributed by atoms with Crippen molar-refractivity contribution in [2.45, 2.75) is 27.7 Å². The number of hydrogen-bond donors (Lipinski definition) is 1. The van der Waals surface area contributed by atoms with E-state index in [9.17, 15) is 8.42 Å². The van der Waals surface area contributed by atoms with Crippen LogP contribution < -0.4 is 4.72 Å². The minimum atomic E-state index is -3.17. The van der Waals surface area contributed by atoms with Crippen LogP contribution in [-0.4, -0.2) is 14.7 Å². The van der Waals surface area contributed by atoms with Gasteiger partial charge in [-0.3, -0.25) is 4.72 Å². The van der Waals surface area contributed by atoms with Crippen LogP contribution in [0.25, 0.3) is 0 Å². The molecule has 0 radical (unpaired) electrons. The van der Waals surface area contributed by atoms with E-state index in [4.69, 9.17) is 0 Å². The highest BCUT2D eigenvalue weighted by Gasteiger charge is 2.05. The number of aryl methyl sites for hydroxylation is 1. The lowest BCUT2D eigenvalue weighted by atomic mass is 10.1. The molecular formula is C11H21NO2S. The smallest absolute Gasteiger partial charge is 0.229 e. The maximum atomic E-state index is 11.0. The van der Waals surface area contributed by atoms with Gasteiger partial charge in [0.2, 0.25) is 10.0 Å². The van der Waals surface area contributed by atoms with Crippen LogP contribution in [0.2, 0.25) is 0 Å². The molecular weight excluding hydrogens is 210 g/mol. The molecule has 0 aliphatic carbocycles. The third-order valence-corrected chi connectivity index (χ3v) is 2.49. The number of hydrogen-bond acceptors (Lipinski definition) is 2. The standard InChI is InChI=1S/C9H13NO2S.C2H6.H2/c1-7-5-4-6-9(8(7)2)10-13(3,11)12;1-2;/h4-6,10H,1-3H3;1-2H3;1H. The average molecular weight is 231 g/mol. The molecule has 4 heteroatoms. The molecule has 0 saturated carbocycles. The molecule has 1 N–H and O–H groups in total. The third-order valence-electron chi connectivity index (χ3n) is 1.90. The highest BCUT2D eigenvalue weighted by atomic mass is 32.2. The summed E-state index contributed by atoms with van der Waals surface area (Å²) in [7, 11) is -3.17. The molecule has 15 heavy (non-hydrogen) atoms. The van der Waals surface area contributed by atoms with E-state index in [1.54, 1.807) is 6.07 Å². The Morgan fingerprint density at radius 1 is 1.20 bits per heavy atom. The highest BCUT2D eigenvalue weighted by Crippen LogP contribution is 2.18. The third kappa shape index (κ3) is 4.83. The van der Waals surface area contributed by atoms with Crippen molar-refractivity contribution in [3.05, 3.63) is 29.3 Å². The van der Waals surface area contributed by atoms with Gasteiger partial charge in [0.25, 0.3) is 0 Å². The van der Waals surface area contributed by atoms with Gasteiger partial charge >= 0.3 is 0 Å². The van der Waals surface area contributed by atoms with Crippen LogP contribution in [0.5, 0.6) is 0 Å². The second kappa shape index (κ2) is 5.75. The van der Waals surface area contributed by atoms with E-state index < -0.39 is 10.0 Å². The largest absolute Gasteiger partial charge is 0.284 e. The molecule has 1 aromatic rings. The van der Waals surface area contributed by atoms with Crippen molar-refractivity contribution in [3.8, 4) is 0 Å². The lowest BCUT2D eigenvalue weighted by Gasteiger charge is -2.08.